The van der Waals surface area contributed by atoms with E-state index in [4.69, 9.17) is 28.9 Å². The summed E-state index contributed by atoms with van der Waals surface area (Å²) in [7, 11) is 0. The number of allylic oxidation sites excluding steroid dienone is 2. The molecule has 2 N–H and O–H groups in total. The van der Waals surface area contributed by atoms with E-state index in [9.17, 15) is 0 Å². The zero-order chi connectivity index (χ0) is 17.3. The average molecular weight is 357 g/mol. The Bertz CT molecular complexity index is 862. The average Bonchev–Trinajstić information content (AvgIpc) is 2.57. The zero-order valence-corrected chi connectivity index (χ0v) is 14.9. The SMILES string of the molecule is C=C1/C(=C\N=C(C)N)CC(c2ccc(Cl)c(Cl)c2)c2ccccc21. The maximum absolute atomic E-state index is 6.23. The fourth-order valence-corrected chi connectivity index (χ4v) is 3.35. The number of rotatable bonds is 2. The van der Waals surface area contributed by atoms with Gasteiger partial charge in [0.1, 0.15) is 0 Å². The first-order chi connectivity index (χ1) is 11.5. The van der Waals surface area contributed by atoms with E-state index in [-0.39, 0.29) is 5.92 Å². The van der Waals surface area contributed by atoms with Gasteiger partial charge < -0.3 is 5.73 Å². The first-order valence-corrected chi connectivity index (χ1v) is 8.45. The Morgan fingerprint density at radius 1 is 1.21 bits per heavy atom. The van der Waals surface area contributed by atoms with E-state index in [1.54, 1.807) is 6.92 Å². The van der Waals surface area contributed by atoms with Crippen LogP contribution < -0.4 is 5.73 Å². The number of benzene rings is 2. The summed E-state index contributed by atoms with van der Waals surface area (Å²) in [5.74, 6) is 0.709. The molecular weight excluding hydrogens is 339 g/mol. The minimum Gasteiger partial charge on any atom is -0.387 e. The van der Waals surface area contributed by atoms with E-state index in [1.807, 2.05) is 36.5 Å². The van der Waals surface area contributed by atoms with Crippen LogP contribution in [0.15, 0.2) is 65.8 Å². The summed E-state index contributed by atoms with van der Waals surface area (Å²) in [5, 5.41) is 1.13. The Balaban J connectivity index is 2.13. The van der Waals surface area contributed by atoms with Gasteiger partial charge in [0.25, 0.3) is 0 Å². The van der Waals surface area contributed by atoms with Gasteiger partial charge in [0.2, 0.25) is 0 Å². The number of hydrogen-bond acceptors (Lipinski definition) is 1. The number of nitrogens with zero attached hydrogens (tertiary/aromatic N) is 1. The van der Waals surface area contributed by atoms with E-state index in [0.717, 1.165) is 28.7 Å². The van der Waals surface area contributed by atoms with E-state index >= 15 is 0 Å². The minimum atomic E-state index is 0.181. The molecule has 0 spiro atoms. The molecule has 1 aliphatic rings. The molecule has 122 valence electrons. The van der Waals surface area contributed by atoms with Crippen LogP contribution in [0.4, 0.5) is 0 Å². The molecule has 2 nitrogen and oxygen atoms in total. The molecule has 0 amide bonds. The normalized spacial score (nSPS) is 19.5. The topological polar surface area (TPSA) is 38.4 Å². The predicted octanol–water partition coefficient (Wildman–Crippen LogP) is 5.80. The van der Waals surface area contributed by atoms with Crippen LogP contribution in [0.1, 0.15) is 36.0 Å². The third-order valence-electron chi connectivity index (χ3n) is 4.24. The lowest BCUT2D eigenvalue weighted by Gasteiger charge is -2.29. The van der Waals surface area contributed by atoms with Crippen molar-refractivity contribution < 1.29 is 0 Å². The first kappa shape index (κ1) is 16.8. The highest BCUT2D eigenvalue weighted by atomic mass is 35.5. The van der Waals surface area contributed by atoms with Crippen LogP contribution in [-0.4, -0.2) is 5.84 Å². The van der Waals surface area contributed by atoms with Gasteiger partial charge in [-0.15, -0.1) is 0 Å². The molecule has 2 aromatic rings. The molecule has 0 saturated carbocycles. The second-order valence-corrected chi connectivity index (χ2v) is 6.74. The number of nitrogens with two attached hydrogens (primary N) is 1. The highest BCUT2D eigenvalue weighted by Crippen LogP contribution is 2.44. The van der Waals surface area contributed by atoms with Crippen molar-refractivity contribution in [1.82, 2.24) is 0 Å². The van der Waals surface area contributed by atoms with Gasteiger partial charge in [-0.25, -0.2) is 4.99 Å². The highest BCUT2D eigenvalue weighted by molar-refractivity contribution is 6.42. The first-order valence-electron chi connectivity index (χ1n) is 7.70. The number of halogens is 2. The molecule has 24 heavy (non-hydrogen) atoms. The molecule has 4 heteroatoms. The summed E-state index contributed by atoms with van der Waals surface area (Å²) in [6, 6.07) is 14.1. The Labute approximate surface area is 152 Å². The largest absolute Gasteiger partial charge is 0.387 e. The summed E-state index contributed by atoms with van der Waals surface area (Å²) in [6.07, 6.45) is 2.61. The van der Waals surface area contributed by atoms with Crippen LogP contribution in [0.5, 0.6) is 0 Å². The van der Waals surface area contributed by atoms with Crippen molar-refractivity contribution in [2.45, 2.75) is 19.3 Å². The molecule has 0 heterocycles. The Morgan fingerprint density at radius 3 is 2.67 bits per heavy atom. The van der Waals surface area contributed by atoms with E-state index in [1.165, 1.54) is 5.56 Å². The van der Waals surface area contributed by atoms with Crippen molar-refractivity contribution in [2.24, 2.45) is 10.7 Å². The van der Waals surface area contributed by atoms with Crippen LogP contribution in [0.25, 0.3) is 5.57 Å². The molecule has 0 fully saturated rings. The number of fused-ring (bicyclic) bond motifs is 1. The van der Waals surface area contributed by atoms with Gasteiger partial charge >= 0.3 is 0 Å². The van der Waals surface area contributed by atoms with E-state index < -0.39 is 0 Å². The number of hydrogen-bond donors (Lipinski definition) is 1. The van der Waals surface area contributed by atoms with Crippen LogP contribution in [0.3, 0.4) is 0 Å². The molecule has 1 atom stereocenters. The Hall–Kier alpha value is -2.03. The summed E-state index contributed by atoms with van der Waals surface area (Å²) in [4.78, 5) is 4.26. The lowest BCUT2D eigenvalue weighted by atomic mass is 9.75. The smallest absolute Gasteiger partial charge is 0.0957 e. The van der Waals surface area contributed by atoms with Crippen molar-refractivity contribution >= 4 is 34.6 Å². The van der Waals surface area contributed by atoms with Gasteiger partial charge in [0.15, 0.2) is 0 Å². The Morgan fingerprint density at radius 2 is 1.96 bits per heavy atom. The van der Waals surface area contributed by atoms with Gasteiger partial charge in [-0.2, -0.15) is 0 Å². The monoisotopic (exact) mass is 356 g/mol. The van der Waals surface area contributed by atoms with Crippen LogP contribution in [0, 0.1) is 0 Å². The van der Waals surface area contributed by atoms with Gasteiger partial charge in [-0.3, -0.25) is 0 Å². The van der Waals surface area contributed by atoms with Gasteiger partial charge in [0.05, 0.1) is 15.9 Å². The highest BCUT2D eigenvalue weighted by Gasteiger charge is 2.27. The van der Waals surface area contributed by atoms with Gasteiger partial charge in [-0.1, -0.05) is 60.1 Å². The summed E-state index contributed by atoms with van der Waals surface area (Å²) in [5.41, 5.74) is 11.3. The molecular formula is C20H18Cl2N2. The number of aliphatic imine (C=N–C) groups is 1. The molecule has 3 rings (SSSR count). The molecule has 0 aromatic heterocycles. The van der Waals surface area contributed by atoms with Crippen molar-refractivity contribution in [3.8, 4) is 0 Å². The van der Waals surface area contributed by atoms with Crippen molar-refractivity contribution in [1.29, 1.82) is 0 Å². The molecule has 1 aliphatic carbocycles. The predicted molar refractivity (Wildman–Crippen MR) is 104 cm³/mol. The molecule has 1 unspecified atom stereocenters. The maximum Gasteiger partial charge on any atom is 0.0957 e. The van der Waals surface area contributed by atoms with Gasteiger partial charge in [0, 0.05) is 12.1 Å². The summed E-state index contributed by atoms with van der Waals surface area (Å²) < 4.78 is 0. The van der Waals surface area contributed by atoms with Gasteiger partial charge in [-0.05, 0) is 53.3 Å². The van der Waals surface area contributed by atoms with Crippen LogP contribution in [-0.2, 0) is 0 Å². The third-order valence-corrected chi connectivity index (χ3v) is 4.98. The van der Waals surface area contributed by atoms with Crippen molar-refractivity contribution in [3.63, 3.8) is 0 Å². The second kappa shape index (κ2) is 6.84. The molecule has 0 saturated heterocycles. The summed E-state index contributed by atoms with van der Waals surface area (Å²) >= 11 is 12.3. The van der Waals surface area contributed by atoms with Crippen molar-refractivity contribution in [2.75, 3.05) is 0 Å². The second-order valence-electron chi connectivity index (χ2n) is 5.92. The minimum absolute atomic E-state index is 0.181. The standard InChI is InChI=1S/C20H18Cl2N2/c1-12-15(11-24-13(2)23)9-18(17-6-4-3-5-16(12)17)14-7-8-19(21)20(22)10-14/h3-8,10-11,18H,1,9H2,2H3,(H2,23,24)/b15-11-. The fourth-order valence-electron chi connectivity index (χ4n) is 3.04. The fraction of sp³-hybridized carbons (Fsp3) is 0.150. The molecule has 0 aliphatic heterocycles. The Kier molecular flexibility index (Phi) is 4.79. The van der Waals surface area contributed by atoms with Crippen LogP contribution in [0.2, 0.25) is 10.0 Å². The quantitative estimate of drug-likeness (QED) is 0.535. The van der Waals surface area contributed by atoms with E-state index in [2.05, 4.69) is 23.7 Å². The molecule has 0 bridgehead atoms. The van der Waals surface area contributed by atoms with Crippen LogP contribution >= 0.6 is 23.2 Å². The van der Waals surface area contributed by atoms with E-state index in [0.29, 0.717) is 15.9 Å². The lowest BCUT2D eigenvalue weighted by molar-refractivity contribution is 0.790. The lowest BCUT2D eigenvalue weighted by Crippen LogP contribution is -2.12. The third kappa shape index (κ3) is 3.26. The maximum atomic E-state index is 6.23. The number of amidine groups is 1. The molecule has 0 radical (unpaired) electrons. The zero-order valence-electron chi connectivity index (χ0n) is 13.4. The summed E-state index contributed by atoms with van der Waals surface area (Å²) in [6.45, 7) is 6.02. The molecule has 2 aromatic carbocycles. The van der Waals surface area contributed by atoms with Crippen molar-refractivity contribution in [3.05, 3.63) is 87.6 Å².